The Balaban J connectivity index is 2.00. The smallest absolute Gasteiger partial charge is 0.170 e. The first-order valence-corrected chi connectivity index (χ1v) is 6.28. The predicted molar refractivity (Wildman–Crippen MR) is 70.6 cm³/mol. The Hall–Kier alpha value is -1.55. The monoisotopic (exact) mass is 265 g/mol. The van der Waals surface area contributed by atoms with E-state index in [0.29, 0.717) is 17.5 Å². The number of nitrogens with zero attached hydrogens (tertiary/aromatic N) is 3. The molecule has 0 amide bonds. The van der Waals surface area contributed by atoms with Crippen LogP contribution in [0.4, 0.5) is 0 Å². The number of hydrogen-bond donors (Lipinski definition) is 0. The topological polar surface area (TPSA) is 39.9 Å². The van der Waals surface area contributed by atoms with Crippen molar-refractivity contribution in [1.82, 2.24) is 14.8 Å². The van der Waals surface area contributed by atoms with Gasteiger partial charge in [0.05, 0.1) is 0 Å². The van der Waals surface area contributed by atoms with Gasteiger partial charge in [-0.15, -0.1) is 10.2 Å². The summed E-state index contributed by atoms with van der Waals surface area (Å²) in [6.07, 6.45) is 1.73. The highest BCUT2D eigenvalue weighted by Gasteiger charge is 2.06. The summed E-state index contributed by atoms with van der Waals surface area (Å²) >= 11 is 5.89. The highest BCUT2D eigenvalue weighted by Crippen LogP contribution is 2.18. The number of hydrogen-bond acceptors (Lipinski definition) is 3. The molecule has 0 unspecified atom stereocenters. The van der Waals surface area contributed by atoms with Crippen LogP contribution >= 0.6 is 11.6 Å². The van der Waals surface area contributed by atoms with Crippen LogP contribution in [0.5, 0.6) is 5.75 Å². The predicted octanol–water partition coefficient (Wildman–Crippen LogP) is 3.17. The van der Waals surface area contributed by atoms with E-state index in [1.54, 1.807) is 12.4 Å². The van der Waals surface area contributed by atoms with Crippen molar-refractivity contribution in [3.8, 4) is 5.75 Å². The molecule has 0 fully saturated rings. The number of halogens is 1. The van der Waals surface area contributed by atoms with E-state index in [4.69, 9.17) is 16.3 Å². The van der Waals surface area contributed by atoms with Crippen LogP contribution in [0.25, 0.3) is 0 Å². The van der Waals surface area contributed by atoms with Crippen LogP contribution in [0.2, 0.25) is 5.02 Å². The molecule has 0 saturated heterocycles. The van der Waals surface area contributed by atoms with Crippen molar-refractivity contribution in [2.45, 2.75) is 27.0 Å². The molecule has 5 heteroatoms. The summed E-state index contributed by atoms with van der Waals surface area (Å²) in [7, 11) is 0. The van der Waals surface area contributed by atoms with E-state index in [1.165, 1.54) is 0 Å². The molecule has 1 aromatic heterocycles. The summed E-state index contributed by atoms with van der Waals surface area (Å²) in [5, 5.41) is 8.64. The van der Waals surface area contributed by atoms with Gasteiger partial charge in [0.15, 0.2) is 5.82 Å². The van der Waals surface area contributed by atoms with E-state index in [2.05, 4.69) is 24.0 Å². The van der Waals surface area contributed by atoms with Gasteiger partial charge in [0, 0.05) is 11.6 Å². The van der Waals surface area contributed by atoms with Crippen LogP contribution < -0.4 is 4.74 Å². The van der Waals surface area contributed by atoms with Crippen LogP contribution in [0.15, 0.2) is 30.6 Å². The van der Waals surface area contributed by atoms with Crippen molar-refractivity contribution >= 4 is 11.6 Å². The molecule has 1 heterocycles. The van der Waals surface area contributed by atoms with Crippen LogP contribution in [0, 0.1) is 5.92 Å². The van der Waals surface area contributed by atoms with E-state index < -0.39 is 0 Å². The lowest BCUT2D eigenvalue weighted by atomic mass is 10.2. The van der Waals surface area contributed by atoms with Gasteiger partial charge in [-0.2, -0.15) is 0 Å². The van der Waals surface area contributed by atoms with Crippen molar-refractivity contribution in [3.63, 3.8) is 0 Å². The molecule has 18 heavy (non-hydrogen) atoms. The minimum absolute atomic E-state index is 0.396. The Morgan fingerprint density at radius 3 is 2.94 bits per heavy atom. The Morgan fingerprint density at radius 2 is 2.22 bits per heavy atom. The van der Waals surface area contributed by atoms with Gasteiger partial charge < -0.3 is 9.30 Å². The first-order valence-electron chi connectivity index (χ1n) is 5.90. The van der Waals surface area contributed by atoms with Crippen LogP contribution in [-0.4, -0.2) is 14.8 Å². The highest BCUT2D eigenvalue weighted by atomic mass is 35.5. The molecule has 0 radical (unpaired) electrons. The maximum atomic E-state index is 5.89. The molecule has 0 saturated carbocycles. The number of aromatic nitrogens is 3. The lowest BCUT2D eigenvalue weighted by molar-refractivity contribution is 0.286. The van der Waals surface area contributed by atoms with Crippen LogP contribution in [-0.2, 0) is 13.2 Å². The quantitative estimate of drug-likeness (QED) is 0.834. The second-order valence-corrected chi connectivity index (χ2v) is 4.98. The summed E-state index contributed by atoms with van der Waals surface area (Å²) in [5.41, 5.74) is 0. The molecule has 0 spiro atoms. The van der Waals surface area contributed by atoms with E-state index >= 15 is 0 Å². The fourth-order valence-electron chi connectivity index (χ4n) is 1.64. The van der Waals surface area contributed by atoms with E-state index in [0.717, 1.165) is 18.1 Å². The minimum atomic E-state index is 0.396. The molecule has 0 N–H and O–H groups in total. The summed E-state index contributed by atoms with van der Waals surface area (Å²) < 4.78 is 7.65. The van der Waals surface area contributed by atoms with Crippen molar-refractivity contribution in [2.75, 3.05) is 0 Å². The molecule has 96 valence electrons. The van der Waals surface area contributed by atoms with Gasteiger partial charge in [-0.25, -0.2) is 0 Å². The normalized spacial score (nSPS) is 10.9. The van der Waals surface area contributed by atoms with Crippen molar-refractivity contribution in [2.24, 2.45) is 5.92 Å². The number of rotatable bonds is 5. The summed E-state index contributed by atoms with van der Waals surface area (Å²) in [6.45, 7) is 5.59. The summed E-state index contributed by atoms with van der Waals surface area (Å²) in [5.74, 6) is 2.11. The lowest BCUT2D eigenvalue weighted by Gasteiger charge is -2.10. The molecule has 0 atom stereocenters. The van der Waals surface area contributed by atoms with Gasteiger partial charge in [-0.1, -0.05) is 31.5 Å². The average molecular weight is 266 g/mol. The Bertz CT molecular complexity index is 510. The van der Waals surface area contributed by atoms with Gasteiger partial charge >= 0.3 is 0 Å². The van der Waals surface area contributed by atoms with Crippen molar-refractivity contribution in [3.05, 3.63) is 41.4 Å². The molecule has 0 aliphatic heterocycles. The van der Waals surface area contributed by atoms with E-state index in [1.807, 2.05) is 22.8 Å². The third-order valence-electron chi connectivity index (χ3n) is 2.42. The first kappa shape index (κ1) is 12.9. The minimum Gasteiger partial charge on any atom is -0.486 e. The zero-order chi connectivity index (χ0) is 13.0. The van der Waals surface area contributed by atoms with E-state index in [9.17, 15) is 0 Å². The number of ether oxygens (including phenoxy) is 1. The molecule has 2 aromatic rings. The van der Waals surface area contributed by atoms with Gasteiger partial charge in [0.25, 0.3) is 0 Å². The molecular formula is C13H16ClN3O. The highest BCUT2D eigenvalue weighted by molar-refractivity contribution is 6.30. The SMILES string of the molecule is CC(C)Cn1cnnc1COc1cccc(Cl)c1. The number of benzene rings is 1. The molecule has 0 aliphatic rings. The molecular weight excluding hydrogens is 250 g/mol. The van der Waals surface area contributed by atoms with E-state index in [-0.39, 0.29) is 0 Å². The van der Waals surface area contributed by atoms with Crippen LogP contribution in [0.1, 0.15) is 19.7 Å². The standard InChI is InChI=1S/C13H16ClN3O/c1-10(2)7-17-9-15-16-13(17)8-18-12-5-3-4-11(14)6-12/h3-6,9-10H,7-8H2,1-2H3. The van der Waals surface area contributed by atoms with Gasteiger partial charge in [0.1, 0.15) is 18.7 Å². The van der Waals surface area contributed by atoms with Gasteiger partial charge in [-0.05, 0) is 24.1 Å². The fraction of sp³-hybridized carbons (Fsp3) is 0.385. The molecule has 4 nitrogen and oxygen atoms in total. The summed E-state index contributed by atoms with van der Waals surface area (Å²) in [4.78, 5) is 0. The zero-order valence-corrected chi connectivity index (χ0v) is 11.3. The zero-order valence-electron chi connectivity index (χ0n) is 10.5. The largest absolute Gasteiger partial charge is 0.486 e. The van der Waals surface area contributed by atoms with Crippen LogP contribution in [0.3, 0.4) is 0 Å². The Kier molecular flexibility index (Phi) is 4.20. The van der Waals surface area contributed by atoms with Gasteiger partial charge in [0.2, 0.25) is 0 Å². The molecule has 0 aliphatic carbocycles. The maximum absolute atomic E-state index is 5.89. The lowest BCUT2D eigenvalue weighted by Crippen LogP contribution is -2.10. The fourth-order valence-corrected chi connectivity index (χ4v) is 1.82. The second-order valence-electron chi connectivity index (χ2n) is 4.54. The molecule has 2 rings (SSSR count). The maximum Gasteiger partial charge on any atom is 0.170 e. The van der Waals surface area contributed by atoms with Crippen molar-refractivity contribution in [1.29, 1.82) is 0 Å². The molecule has 0 bridgehead atoms. The first-order chi connectivity index (χ1) is 8.65. The average Bonchev–Trinajstić information content (AvgIpc) is 2.73. The Morgan fingerprint density at radius 1 is 1.39 bits per heavy atom. The summed E-state index contributed by atoms with van der Waals surface area (Å²) in [6, 6.07) is 7.33. The van der Waals surface area contributed by atoms with Crippen molar-refractivity contribution < 1.29 is 4.74 Å². The van der Waals surface area contributed by atoms with Gasteiger partial charge in [-0.3, -0.25) is 0 Å². The third kappa shape index (κ3) is 3.47. The molecule has 1 aromatic carbocycles. The Labute approximate surface area is 112 Å². The third-order valence-corrected chi connectivity index (χ3v) is 2.66. The second kappa shape index (κ2) is 5.87.